The van der Waals surface area contributed by atoms with Crippen molar-refractivity contribution in [1.29, 1.82) is 0 Å². The molecule has 1 N–H and O–H groups in total. The van der Waals surface area contributed by atoms with E-state index in [1.54, 1.807) is 5.57 Å². The lowest BCUT2D eigenvalue weighted by Crippen LogP contribution is -2.51. The summed E-state index contributed by atoms with van der Waals surface area (Å²) in [7, 11) is 2.07. The van der Waals surface area contributed by atoms with Crippen molar-refractivity contribution in [2.75, 3.05) is 26.7 Å². The first-order valence-corrected chi connectivity index (χ1v) is 7.10. The predicted octanol–water partition coefficient (Wildman–Crippen LogP) is 2.66. The third-order valence-corrected chi connectivity index (χ3v) is 4.52. The summed E-state index contributed by atoms with van der Waals surface area (Å²) in [4.78, 5) is 2.70. The lowest BCUT2D eigenvalue weighted by atomic mass is 9.76. The molecule has 0 aromatic rings. The second-order valence-corrected chi connectivity index (χ2v) is 6.69. The van der Waals surface area contributed by atoms with Gasteiger partial charge in [-0.25, -0.2) is 0 Å². The van der Waals surface area contributed by atoms with Crippen molar-refractivity contribution in [1.82, 2.24) is 10.2 Å². The smallest absolute Gasteiger partial charge is 0.0169 e. The van der Waals surface area contributed by atoms with E-state index < -0.39 is 0 Å². The van der Waals surface area contributed by atoms with Crippen LogP contribution in [0.2, 0.25) is 0 Å². The van der Waals surface area contributed by atoms with Crippen molar-refractivity contribution in [2.24, 2.45) is 11.3 Å². The molecule has 0 spiro atoms. The van der Waals surface area contributed by atoms with Gasteiger partial charge < -0.3 is 5.32 Å². The number of hydrogen-bond donors (Lipinski definition) is 1. The summed E-state index contributed by atoms with van der Waals surface area (Å²) in [5.74, 6) is 0.893. The van der Waals surface area contributed by atoms with E-state index in [9.17, 15) is 0 Å². The molecular formula is C15H28N2. The number of rotatable bonds is 3. The molecule has 1 aliphatic carbocycles. The van der Waals surface area contributed by atoms with Gasteiger partial charge in [-0.3, -0.25) is 4.90 Å². The summed E-state index contributed by atoms with van der Waals surface area (Å²) < 4.78 is 0. The highest BCUT2D eigenvalue weighted by Crippen LogP contribution is 2.36. The third kappa shape index (κ3) is 2.92. The topological polar surface area (TPSA) is 15.3 Å². The molecular weight excluding hydrogens is 208 g/mol. The molecule has 98 valence electrons. The Kier molecular flexibility index (Phi) is 3.94. The van der Waals surface area contributed by atoms with Crippen LogP contribution >= 0.6 is 0 Å². The molecule has 2 nitrogen and oxygen atoms in total. The second kappa shape index (κ2) is 5.11. The fraction of sp³-hybridized carbons (Fsp3) is 0.867. The van der Waals surface area contributed by atoms with Gasteiger partial charge in [-0.15, -0.1) is 0 Å². The summed E-state index contributed by atoms with van der Waals surface area (Å²) in [5.41, 5.74) is 2.02. The molecule has 1 aliphatic heterocycles. The molecule has 1 heterocycles. The monoisotopic (exact) mass is 236 g/mol. The summed E-state index contributed by atoms with van der Waals surface area (Å²) in [6, 6.07) is 0.847. The highest BCUT2D eigenvalue weighted by atomic mass is 15.2. The van der Waals surface area contributed by atoms with E-state index >= 15 is 0 Å². The zero-order chi connectivity index (χ0) is 12.5. The van der Waals surface area contributed by atoms with E-state index in [1.165, 1.54) is 38.9 Å². The maximum atomic E-state index is 3.33. The van der Waals surface area contributed by atoms with Gasteiger partial charge in [0, 0.05) is 19.1 Å². The van der Waals surface area contributed by atoms with Crippen molar-refractivity contribution in [3.05, 3.63) is 11.6 Å². The van der Waals surface area contributed by atoms with Crippen molar-refractivity contribution in [3.8, 4) is 0 Å². The van der Waals surface area contributed by atoms with Gasteiger partial charge in [-0.2, -0.15) is 0 Å². The first-order valence-electron chi connectivity index (χ1n) is 7.10. The minimum Gasteiger partial charge on any atom is -0.319 e. The fourth-order valence-electron chi connectivity index (χ4n) is 3.20. The van der Waals surface area contributed by atoms with Crippen molar-refractivity contribution in [2.45, 2.75) is 46.1 Å². The minimum atomic E-state index is 0.371. The quantitative estimate of drug-likeness (QED) is 0.758. The van der Waals surface area contributed by atoms with E-state index in [2.05, 4.69) is 44.1 Å². The van der Waals surface area contributed by atoms with Crippen LogP contribution in [0.25, 0.3) is 0 Å². The molecule has 0 amide bonds. The maximum absolute atomic E-state index is 3.33. The minimum absolute atomic E-state index is 0.371. The molecule has 1 saturated carbocycles. The van der Waals surface area contributed by atoms with Gasteiger partial charge in [-0.05, 0) is 44.2 Å². The van der Waals surface area contributed by atoms with Crippen LogP contribution in [0.1, 0.15) is 40.0 Å². The normalized spacial score (nSPS) is 30.9. The molecule has 2 heteroatoms. The third-order valence-electron chi connectivity index (χ3n) is 4.52. The van der Waals surface area contributed by atoms with E-state index in [-0.39, 0.29) is 0 Å². The molecule has 17 heavy (non-hydrogen) atoms. The number of nitrogens with one attached hydrogen (secondary N) is 1. The van der Waals surface area contributed by atoms with Gasteiger partial charge >= 0.3 is 0 Å². The first-order chi connectivity index (χ1) is 8.02. The first kappa shape index (κ1) is 13.1. The van der Waals surface area contributed by atoms with E-state index in [0.29, 0.717) is 5.41 Å². The molecule has 2 unspecified atom stereocenters. The predicted molar refractivity (Wildman–Crippen MR) is 74.2 cm³/mol. The van der Waals surface area contributed by atoms with Crippen LogP contribution in [0.15, 0.2) is 11.6 Å². The highest BCUT2D eigenvalue weighted by Gasteiger charge is 2.35. The standard InChI is InChI=1S/C15H28N2/c1-15(2,3)13-7-9-17(10-8-13)14-6-5-12(14)11-16-4/h7,12,14,16H,5-6,8-11H2,1-4H3. The Bertz CT molecular complexity index is 288. The molecule has 0 saturated heterocycles. The van der Waals surface area contributed by atoms with Gasteiger partial charge in [0.2, 0.25) is 0 Å². The van der Waals surface area contributed by atoms with Crippen LogP contribution in [0.4, 0.5) is 0 Å². The van der Waals surface area contributed by atoms with Crippen LogP contribution in [0.3, 0.4) is 0 Å². The SMILES string of the molecule is CNCC1CCC1N1CC=C(C(C)(C)C)CC1. The van der Waals surface area contributed by atoms with Crippen LogP contribution in [0.5, 0.6) is 0 Å². The Morgan fingerprint density at radius 2 is 2.12 bits per heavy atom. The van der Waals surface area contributed by atoms with Crippen LogP contribution in [0, 0.1) is 11.3 Å². The lowest BCUT2D eigenvalue weighted by Gasteiger charge is -2.46. The lowest BCUT2D eigenvalue weighted by molar-refractivity contribution is 0.0677. The molecule has 1 fully saturated rings. The van der Waals surface area contributed by atoms with Crippen LogP contribution < -0.4 is 5.32 Å². The highest BCUT2D eigenvalue weighted by molar-refractivity contribution is 5.15. The Balaban J connectivity index is 1.89. The van der Waals surface area contributed by atoms with Gasteiger partial charge in [0.1, 0.15) is 0 Å². The molecule has 0 bridgehead atoms. The van der Waals surface area contributed by atoms with Crippen molar-refractivity contribution < 1.29 is 0 Å². The fourth-order valence-corrected chi connectivity index (χ4v) is 3.20. The average molecular weight is 236 g/mol. The largest absolute Gasteiger partial charge is 0.319 e. The summed E-state index contributed by atoms with van der Waals surface area (Å²) >= 11 is 0. The number of hydrogen-bond acceptors (Lipinski definition) is 2. The van der Waals surface area contributed by atoms with E-state index in [1.807, 2.05) is 0 Å². The van der Waals surface area contributed by atoms with Gasteiger partial charge in [-0.1, -0.05) is 32.4 Å². The average Bonchev–Trinajstić information content (AvgIpc) is 2.24. The van der Waals surface area contributed by atoms with Gasteiger partial charge in [0.25, 0.3) is 0 Å². The van der Waals surface area contributed by atoms with E-state index in [0.717, 1.165) is 12.0 Å². The van der Waals surface area contributed by atoms with Gasteiger partial charge in [0.15, 0.2) is 0 Å². The summed E-state index contributed by atoms with van der Waals surface area (Å²) in [6.45, 7) is 10.6. The molecule has 0 radical (unpaired) electrons. The molecule has 2 atom stereocenters. The molecule has 0 aromatic heterocycles. The zero-order valence-corrected chi connectivity index (χ0v) is 11.9. The second-order valence-electron chi connectivity index (χ2n) is 6.69. The molecule has 2 aliphatic rings. The Labute approximate surface area is 106 Å². The Hall–Kier alpha value is -0.340. The van der Waals surface area contributed by atoms with Crippen molar-refractivity contribution >= 4 is 0 Å². The number of nitrogens with zero attached hydrogens (tertiary/aromatic N) is 1. The van der Waals surface area contributed by atoms with Crippen LogP contribution in [-0.2, 0) is 0 Å². The maximum Gasteiger partial charge on any atom is 0.0169 e. The Morgan fingerprint density at radius 3 is 2.53 bits per heavy atom. The molecule has 2 rings (SSSR count). The summed E-state index contributed by atoms with van der Waals surface area (Å²) in [5, 5.41) is 3.33. The zero-order valence-electron chi connectivity index (χ0n) is 11.9. The van der Waals surface area contributed by atoms with Crippen molar-refractivity contribution in [3.63, 3.8) is 0 Å². The Morgan fingerprint density at radius 1 is 1.35 bits per heavy atom. The van der Waals surface area contributed by atoms with E-state index in [4.69, 9.17) is 0 Å². The summed E-state index contributed by atoms with van der Waals surface area (Å²) in [6.07, 6.45) is 6.58. The van der Waals surface area contributed by atoms with Gasteiger partial charge in [0.05, 0.1) is 0 Å². The van der Waals surface area contributed by atoms with Crippen LogP contribution in [-0.4, -0.2) is 37.6 Å². The molecule has 0 aromatic carbocycles.